The van der Waals surface area contributed by atoms with Gasteiger partial charge in [-0.15, -0.1) is 0 Å². The minimum Gasteiger partial charge on any atom is -0.457 e. The van der Waals surface area contributed by atoms with Crippen LogP contribution in [0.4, 0.5) is 4.39 Å². The van der Waals surface area contributed by atoms with E-state index in [4.69, 9.17) is 10.5 Å². The molecule has 0 heterocycles. The Morgan fingerprint density at radius 3 is 2.62 bits per heavy atom. The molecule has 0 spiro atoms. The van der Waals surface area contributed by atoms with Crippen molar-refractivity contribution in [1.29, 1.82) is 0 Å². The van der Waals surface area contributed by atoms with Gasteiger partial charge in [-0.2, -0.15) is 0 Å². The van der Waals surface area contributed by atoms with Crippen molar-refractivity contribution < 1.29 is 9.13 Å². The van der Waals surface area contributed by atoms with E-state index in [1.54, 1.807) is 6.07 Å². The molecule has 112 valence electrons. The van der Waals surface area contributed by atoms with Gasteiger partial charge in [-0.1, -0.05) is 28.9 Å². The van der Waals surface area contributed by atoms with Crippen molar-refractivity contribution in [2.45, 2.75) is 32.7 Å². The van der Waals surface area contributed by atoms with Gasteiger partial charge in [0.1, 0.15) is 17.3 Å². The molecule has 0 radical (unpaired) electrons. The predicted molar refractivity (Wildman–Crippen MR) is 87.3 cm³/mol. The first-order chi connectivity index (χ1) is 9.99. The maximum Gasteiger partial charge on any atom is 0.131 e. The first kappa shape index (κ1) is 16.0. The molecule has 2 rings (SSSR count). The highest BCUT2D eigenvalue weighted by atomic mass is 79.9. The number of benzene rings is 2. The van der Waals surface area contributed by atoms with Crippen LogP contribution in [0.1, 0.15) is 24.5 Å². The van der Waals surface area contributed by atoms with Crippen LogP contribution in [-0.4, -0.2) is 6.04 Å². The Labute approximate surface area is 133 Å². The molecule has 0 aromatic heterocycles. The van der Waals surface area contributed by atoms with Gasteiger partial charge < -0.3 is 10.5 Å². The van der Waals surface area contributed by atoms with E-state index in [-0.39, 0.29) is 11.9 Å². The highest BCUT2D eigenvalue weighted by molar-refractivity contribution is 9.10. The summed E-state index contributed by atoms with van der Waals surface area (Å²) in [6.07, 6.45) is 1.66. The molecule has 0 bridgehead atoms. The number of halogens is 2. The molecule has 2 aromatic carbocycles. The Morgan fingerprint density at radius 2 is 1.95 bits per heavy atom. The van der Waals surface area contributed by atoms with E-state index in [0.29, 0.717) is 5.75 Å². The zero-order valence-electron chi connectivity index (χ0n) is 12.2. The fourth-order valence-corrected chi connectivity index (χ4v) is 2.40. The Kier molecular flexibility index (Phi) is 5.37. The van der Waals surface area contributed by atoms with E-state index in [9.17, 15) is 4.39 Å². The lowest BCUT2D eigenvalue weighted by Crippen LogP contribution is -2.21. The molecule has 2 N–H and O–H groups in total. The Balaban J connectivity index is 2.31. The molecule has 1 unspecified atom stereocenters. The van der Waals surface area contributed by atoms with E-state index in [1.807, 2.05) is 25.1 Å². The molecular weight excluding hydrogens is 333 g/mol. The van der Waals surface area contributed by atoms with Gasteiger partial charge in [-0.05, 0) is 61.2 Å². The fraction of sp³-hybridized carbons (Fsp3) is 0.294. The monoisotopic (exact) mass is 351 g/mol. The molecule has 0 saturated carbocycles. The SMILES string of the molecule is CCC(N)Cc1ccc(Br)cc1Oc1ccc(F)cc1C. The highest BCUT2D eigenvalue weighted by Crippen LogP contribution is 2.31. The number of ether oxygens (including phenoxy) is 1. The van der Waals surface area contributed by atoms with Gasteiger partial charge >= 0.3 is 0 Å². The van der Waals surface area contributed by atoms with Crippen LogP contribution < -0.4 is 10.5 Å². The van der Waals surface area contributed by atoms with Crippen molar-refractivity contribution in [3.63, 3.8) is 0 Å². The summed E-state index contributed by atoms with van der Waals surface area (Å²) in [6.45, 7) is 3.89. The minimum absolute atomic E-state index is 0.0999. The largest absolute Gasteiger partial charge is 0.457 e. The lowest BCUT2D eigenvalue weighted by atomic mass is 10.0. The number of aryl methyl sites for hydroxylation is 1. The first-order valence-corrected chi connectivity index (χ1v) is 7.77. The normalized spacial score (nSPS) is 12.2. The van der Waals surface area contributed by atoms with Gasteiger partial charge in [0.15, 0.2) is 0 Å². The summed E-state index contributed by atoms with van der Waals surface area (Å²) in [7, 11) is 0. The lowest BCUT2D eigenvalue weighted by Gasteiger charge is -2.16. The van der Waals surface area contributed by atoms with Crippen molar-refractivity contribution in [1.82, 2.24) is 0 Å². The molecule has 2 aromatic rings. The summed E-state index contributed by atoms with van der Waals surface area (Å²) in [5.74, 6) is 1.14. The summed E-state index contributed by atoms with van der Waals surface area (Å²) in [5, 5.41) is 0. The van der Waals surface area contributed by atoms with E-state index in [0.717, 1.165) is 34.2 Å². The summed E-state index contributed by atoms with van der Waals surface area (Å²) < 4.78 is 20.1. The van der Waals surface area contributed by atoms with Gasteiger partial charge in [0.25, 0.3) is 0 Å². The van der Waals surface area contributed by atoms with Crippen molar-refractivity contribution in [3.05, 3.63) is 57.8 Å². The summed E-state index contributed by atoms with van der Waals surface area (Å²) in [6, 6.07) is 10.5. The number of hydrogen-bond donors (Lipinski definition) is 1. The maximum absolute atomic E-state index is 13.2. The van der Waals surface area contributed by atoms with Crippen molar-refractivity contribution in [2.24, 2.45) is 5.73 Å². The highest BCUT2D eigenvalue weighted by Gasteiger charge is 2.11. The molecule has 1 atom stereocenters. The van der Waals surface area contributed by atoms with Crippen LogP contribution in [0.3, 0.4) is 0 Å². The first-order valence-electron chi connectivity index (χ1n) is 6.97. The quantitative estimate of drug-likeness (QED) is 0.825. The maximum atomic E-state index is 13.2. The van der Waals surface area contributed by atoms with Crippen LogP contribution in [0.2, 0.25) is 0 Å². The van der Waals surface area contributed by atoms with Crippen LogP contribution in [0.15, 0.2) is 40.9 Å². The average Bonchev–Trinajstić information content (AvgIpc) is 2.44. The van der Waals surface area contributed by atoms with Gasteiger partial charge in [0.2, 0.25) is 0 Å². The molecule has 21 heavy (non-hydrogen) atoms. The molecule has 4 heteroatoms. The summed E-state index contributed by atoms with van der Waals surface area (Å²) in [5.41, 5.74) is 7.85. The van der Waals surface area contributed by atoms with Crippen LogP contribution in [0, 0.1) is 12.7 Å². The zero-order chi connectivity index (χ0) is 15.4. The predicted octanol–water partition coefficient (Wildman–Crippen LogP) is 4.97. The van der Waals surface area contributed by atoms with Gasteiger partial charge in [-0.3, -0.25) is 0 Å². The molecule has 0 aliphatic carbocycles. The standard InChI is InChI=1S/C17H19BrFNO/c1-3-15(20)9-12-4-5-13(18)10-17(12)21-16-7-6-14(19)8-11(16)2/h4-8,10,15H,3,9,20H2,1-2H3. The second kappa shape index (κ2) is 7.05. The molecule has 0 aliphatic heterocycles. The second-order valence-electron chi connectivity index (χ2n) is 5.14. The van der Waals surface area contributed by atoms with Gasteiger partial charge in [-0.25, -0.2) is 4.39 Å². The lowest BCUT2D eigenvalue weighted by molar-refractivity contribution is 0.466. The minimum atomic E-state index is -0.262. The average molecular weight is 352 g/mol. The molecular formula is C17H19BrFNO. The van der Waals surface area contributed by atoms with Crippen molar-refractivity contribution in [3.8, 4) is 11.5 Å². The number of hydrogen-bond acceptors (Lipinski definition) is 2. The third-order valence-corrected chi connectivity index (χ3v) is 3.89. The third-order valence-electron chi connectivity index (χ3n) is 3.39. The van der Waals surface area contributed by atoms with Crippen LogP contribution in [-0.2, 0) is 6.42 Å². The molecule has 0 fully saturated rings. The van der Waals surface area contributed by atoms with Crippen molar-refractivity contribution >= 4 is 15.9 Å². The van der Waals surface area contributed by atoms with Gasteiger partial charge in [0, 0.05) is 10.5 Å². The van der Waals surface area contributed by atoms with E-state index in [2.05, 4.69) is 22.9 Å². The molecule has 0 amide bonds. The second-order valence-corrected chi connectivity index (χ2v) is 6.05. The number of rotatable bonds is 5. The summed E-state index contributed by atoms with van der Waals surface area (Å²) in [4.78, 5) is 0. The fourth-order valence-electron chi connectivity index (χ4n) is 2.06. The van der Waals surface area contributed by atoms with Crippen LogP contribution in [0.25, 0.3) is 0 Å². The number of nitrogens with two attached hydrogens (primary N) is 1. The molecule has 2 nitrogen and oxygen atoms in total. The Hall–Kier alpha value is -1.39. The van der Waals surface area contributed by atoms with Crippen LogP contribution in [0.5, 0.6) is 11.5 Å². The zero-order valence-corrected chi connectivity index (χ0v) is 13.8. The smallest absolute Gasteiger partial charge is 0.131 e. The van der Waals surface area contributed by atoms with E-state index < -0.39 is 0 Å². The van der Waals surface area contributed by atoms with E-state index >= 15 is 0 Å². The van der Waals surface area contributed by atoms with E-state index in [1.165, 1.54) is 12.1 Å². The Bertz CT molecular complexity index is 630. The summed E-state index contributed by atoms with van der Waals surface area (Å²) >= 11 is 3.45. The Morgan fingerprint density at radius 1 is 1.19 bits per heavy atom. The van der Waals surface area contributed by atoms with Gasteiger partial charge in [0.05, 0.1) is 0 Å². The molecule has 0 saturated heterocycles. The topological polar surface area (TPSA) is 35.2 Å². The third kappa shape index (κ3) is 4.29. The van der Waals surface area contributed by atoms with Crippen LogP contribution >= 0.6 is 15.9 Å². The molecule has 0 aliphatic rings. The van der Waals surface area contributed by atoms with Crippen molar-refractivity contribution in [2.75, 3.05) is 0 Å².